The Morgan fingerprint density at radius 1 is 1.47 bits per heavy atom. The molecule has 0 radical (unpaired) electrons. The summed E-state index contributed by atoms with van der Waals surface area (Å²) < 4.78 is 0. The zero-order valence-electron chi connectivity index (χ0n) is 12.2. The van der Waals surface area contributed by atoms with Gasteiger partial charge in [0.25, 0.3) is 0 Å². The first-order chi connectivity index (χ1) is 8.81. The minimum Gasteiger partial charge on any atom is -0.480 e. The van der Waals surface area contributed by atoms with Gasteiger partial charge in [-0.1, -0.05) is 13.8 Å². The van der Waals surface area contributed by atoms with Crippen molar-refractivity contribution >= 4 is 23.8 Å². The standard InChI is InChI=1S/C13H24N2O3S/c1-13(2)6-5-7-15(10(13)11(16)17)12(18)14(3)8-9-19-4/h10H,5-9H2,1-4H3,(H,16,17). The number of aliphatic carboxylic acids is 1. The van der Waals surface area contributed by atoms with E-state index in [1.807, 2.05) is 20.1 Å². The van der Waals surface area contributed by atoms with Crippen LogP contribution in [0, 0.1) is 5.41 Å². The van der Waals surface area contributed by atoms with Crippen molar-refractivity contribution in [3.63, 3.8) is 0 Å². The van der Waals surface area contributed by atoms with Crippen molar-refractivity contribution in [3.05, 3.63) is 0 Å². The van der Waals surface area contributed by atoms with Crippen molar-refractivity contribution in [3.8, 4) is 0 Å². The van der Waals surface area contributed by atoms with E-state index in [4.69, 9.17) is 0 Å². The maximum Gasteiger partial charge on any atom is 0.327 e. The van der Waals surface area contributed by atoms with Gasteiger partial charge in [-0.2, -0.15) is 11.8 Å². The topological polar surface area (TPSA) is 60.9 Å². The molecule has 0 saturated carbocycles. The van der Waals surface area contributed by atoms with Gasteiger partial charge in [-0.25, -0.2) is 9.59 Å². The number of amides is 2. The first-order valence-electron chi connectivity index (χ1n) is 6.54. The smallest absolute Gasteiger partial charge is 0.327 e. The summed E-state index contributed by atoms with van der Waals surface area (Å²) in [5.41, 5.74) is -0.375. The first kappa shape index (κ1) is 16.1. The molecular formula is C13H24N2O3S. The monoisotopic (exact) mass is 288 g/mol. The van der Waals surface area contributed by atoms with E-state index in [0.29, 0.717) is 13.1 Å². The van der Waals surface area contributed by atoms with Gasteiger partial charge in [-0.15, -0.1) is 0 Å². The fraction of sp³-hybridized carbons (Fsp3) is 0.846. The lowest BCUT2D eigenvalue weighted by Gasteiger charge is -2.45. The van der Waals surface area contributed by atoms with Crippen LogP contribution in [0.25, 0.3) is 0 Å². The third-order valence-corrected chi connectivity index (χ3v) is 4.30. The normalized spacial score (nSPS) is 22.1. The van der Waals surface area contributed by atoms with Crippen molar-refractivity contribution in [2.24, 2.45) is 5.41 Å². The first-order valence-corrected chi connectivity index (χ1v) is 7.94. The molecule has 0 aromatic carbocycles. The molecule has 1 saturated heterocycles. The molecule has 110 valence electrons. The van der Waals surface area contributed by atoms with Crippen LogP contribution in [0.5, 0.6) is 0 Å². The Labute approximate surface area is 119 Å². The van der Waals surface area contributed by atoms with E-state index in [1.165, 1.54) is 4.90 Å². The van der Waals surface area contributed by atoms with Crippen LogP contribution < -0.4 is 0 Å². The van der Waals surface area contributed by atoms with E-state index >= 15 is 0 Å². The van der Waals surface area contributed by atoms with Gasteiger partial charge in [0.05, 0.1) is 0 Å². The fourth-order valence-corrected chi connectivity index (χ4v) is 3.07. The van der Waals surface area contributed by atoms with Crippen molar-refractivity contribution in [1.82, 2.24) is 9.80 Å². The number of rotatable bonds is 4. The molecule has 1 unspecified atom stereocenters. The van der Waals surface area contributed by atoms with E-state index in [1.54, 1.807) is 23.7 Å². The summed E-state index contributed by atoms with van der Waals surface area (Å²) in [6, 6.07) is -0.903. The molecule has 0 aromatic rings. The number of hydrogen-bond donors (Lipinski definition) is 1. The largest absolute Gasteiger partial charge is 0.480 e. The van der Waals surface area contributed by atoms with Crippen LogP contribution in [0.4, 0.5) is 4.79 Å². The highest BCUT2D eigenvalue weighted by Gasteiger charge is 2.45. The Hall–Kier alpha value is -0.910. The lowest BCUT2D eigenvalue weighted by Crippen LogP contribution is -2.59. The van der Waals surface area contributed by atoms with E-state index in [-0.39, 0.29) is 11.4 Å². The highest BCUT2D eigenvalue weighted by Crippen LogP contribution is 2.35. The number of carboxylic acid groups (broad SMARTS) is 1. The van der Waals surface area contributed by atoms with Crippen LogP contribution in [0.1, 0.15) is 26.7 Å². The van der Waals surface area contributed by atoms with E-state index in [9.17, 15) is 14.7 Å². The molecule has 6 heteroatoms. The van der Waals surface area contributed by atoms with Gasteiger partial charge in [-0.05, 0) is 24.5 Å². The molecule has 5 nitrogen and oxygen atoms in total. The number of likely N-dealkylation sites (tertiary alicyclic amines) is 1. The van der Waals surface area contributed by atoms with Crippen molar-refractivity contribution in [1.29, 1.82) is 0 Å². The van der Waals surface area contributed by atoms with Crippen molar-refractivity contribution in [2.45, 2.75) is 32.7 Å². The average Bonchev–Trinajstić information content (AvgIpc) is 2.32. The molecule has 19 heavy (non-hydrogen) atoms. The molecule has 1 N–H and O–H groups in total. The maximum absolute atomic E-state index is 12.4. The Balaban J connectivity index is 2.83. The number of urea groups is 1. The van der Waals surface area contributed by atoms with Gasteiger partial charge in [-0.3, -0.25) is 0 Å². The highest BCUT2D eigenvalue weighted by atomic mass is 32.2. The summed E-state index contributed by atoms with van der Waals surface area (Å²) in [6.07, 6.45) is 3.68. The molecule has 1 aliphatic rings. The maximum atomic E-state index is 12.4. The third-order valence-electron chi connectivity index (χ3n) is 3.71. The zero-order valence-corrected chi connectivity index (χ0v) is 13.0. The highest BCUT2D eigenvalue weighted by molar-refractivity contribution is 7.98. The summed E-state index contributed by atoms with van der Waals surface area (Å²) >= 11 is 1.67. The lowest BCUT2D eigenvalue weighted by atomic mass is 9.76. The van der Waals surface area contributed by atoms with Crippen molar-refractivity contribution in [2.75, 3.05) is 32.1 Å². The second kappa shape index (κ2) is 6.50. The number of hydrogen-bond acceptors (Lipinski definition) is 3. The number of carbonyl (C=O) groups is 2. The van der Waals surface area contributed by atoms with Crippen LogP contribution in [0.2, 0.25) is 0 Å². The van der Waals surface area contributed by atoms with E-state index in [2.05, 4.69) is 0 Å². The van der Waals surface area contributed by atoms with E-state index in [0.717, 1.165) is 18.6 Å². The number of thioether (sulfide) groups is 1. The van der Waals surface area contributed by atoms with E-state index < -0.39 is 12.0 Å². The molecule has 1 rings (SSSR count). The van der Waals surface area contributed by atoms with Crippen LogP contribution >= 0.6 is 11.8 Å². The summed E-state index contributed by atoms with van der Waals surface area (Å²) in [7, 11) is 1.74. The molecule has 0 aromatic heterocycles. The Kier molecular flexibility index (Phi) is 5.52. The van der Waals surface area contributed by atoms with Gasteiger partial charge >= 0.3 is 12.0 Å². The van der Waals surface area contributed by atoms with Gasteiger partial charge in [0.1, 0.15) is 6.04 Å². The predicted molar refractivity (Wildman–Crippen MR) is 77.6 cm³/mol. The lowest BCUT2D eigenvalue weighted by molar-refractivity contribution is -0.148. The molecule has 1 heterocycles. The summed E-state index contributed by atoms with van der Waals surface area (Å²) in [5.74, 6) is -0.0478. The predicted octanol–water partition coefficient (Wildman–Crippen LogP) is 1.98. The van der Waals surface area contributed by atoms with Crippen LogP contribution in [-0.2, 0) is 4.79 Å². The zero-order chi connectivity index (χ0) is 14.6. The second-order valence-electron chi connectivity index (χ2n) is 5.72. The molecule has 1 fully saturated rings. The third kappa shape index (κ3) is 3.78. The molecule has 0 aliphatic carbocycles. The molecule has 0 bridgehead atoms. The SMILES string of the molecule is CSCCN(C)C(=O)N1CCCC(C)(C)C1C(=O)O. The van der Waals surface area contributed by atoms with Crippen molar-refractivity contribution < 1.29 is 14.7 Å². The molecular weight excluding hydrogens is 264 g/mol. The number of nitrogens with zero attached hydrogens (tertiary/aromatic N) is 2. The second-order valence-corrected chi connectivity index (χ2v) is 6.71. The quantitative estimate of drug-likeness (QED) is 0.859. The van der Waals surface area contributed by atoms with Gasteiger partial charge in [0.2, 0.25) is 0 Å². The number of carbonyl (C=O) groups excluding carboxylic acids is 1. The van der Waals surface area contributed by atoms with Crippen LogP contribution in [0.15, 0.2) is 0 Å². The van der Waals surface area contributed by atoms with Gasteiger partial charge in [0.15, 0.2) is 0 Å². The summed E-state index contributed by atoms with van der Waals surface area (Å²) in [5, 5.41) is 9.43. The Morgan fingerprint density at radius 2 is 2.11 bits per heavy atom. The molecule has 2 amide bonds. The van der Waals surface area contributed by atoms with Crippen LogP contribution in [0.3, 0.4) is 0 Å². The molecule has 1 atom stereocenters. The van der Waals surface area contributed by atoms with Gasteiger partial charge < -0.3 is 14.9 Å². The number of carboxylic acids is 1. The molecule has 1 aliphatic heterocycles. The van der Waals surface area contributed by atoms with Gasteiger partial charge in [0, 0.05) is 25.9 Å². The average molecular weight is 288 g/mol. The fourth-order valence-electron chi connectivity index (χ4n) is 2.61. The Bertz CT molecular complexity index is 347. The summed E-state index contributed by atoms with van der Waals surface area (Å²) in [4.78, 5) is 27.0. The minimum absolute atomic E-state index is 0.172. The Morgan fingerprint density at radius 3 is 2.63 bits per heavy atom. The minimum atomic E-state index is -0.906. The number of piperidine rings is 1. The van der Waals surface area contributed by atoms with Crippen LogP contribution in [-0.4, -0.2) is 65.1 Å². The summed E-state index contributed by atoms with van der Waals surface area (Å²) in [6.45, 7) is 5.02. The molecule has 0 spiro atoms.